The Labute approximate surface area is 179 Å². The van der Waals surface area contributed by atoms with E-state index in [9.17, 15) is 33.3 Å². The summed E-state index contributed by atoms with van der Waals surface area (Å²) in [4.78, 5) is 52.1. The molecule has 1 aliphatic heterocycles. The number of nitro groups is 1. The molecular weight excluding hydrogens is 432 g/mol. The number of urea groups is 1. The third kappa shape index (κ3) is 4.29. The van der Waals surface area contributed by atoms with Crippen molar-refractivity contribution in [1.82, 2.24) is 4.90 Å². The number of imide groups is 1. The Kier molecular flexibility index (Phi) is 6.23. The van der Waals surface area contributed by atoms with Crippen molar-refractivity contribution in [2.45, 2.75) is 13.0 Å². The van der Waals surface area contributed by atoms with Crippen LogP contribution in [0, 0.1) is 27.7 Å². The summed E-state index contributed by atoms with van der Waals surface area (Å²) in [5, 5.41) is 10.8. The van der Waals surface area contributed by atoms with Crippen LogP contribution in [0.3, 0.4) is 0 Å². The quantitative estimate of drug-likeness (QED) is 0.396. The van der Waals surface area contributed by atoms with Gasteiger partial charge in [-0.05, 0) is 36.8 Å². The van der Waals surface area contributed by atoms with Gasteiger partial charge >= 0.3 is 18.1 Å². The number of hydrogen-bond donors (Lipinski definition) is 0. The van der Waals surface area contributed by atoms with Crippen LogP contribution in [0.2, 0.25) is 0 Å². The van der Waals surface area contributed by atoms with Crippen LogP contribution in [0.4, 0.5) is 24.1 Å². The molecule has 2 aromatic carbocycles. The van der Waals surface area contributed by atoms with E-state index >= 15 is 0 Å². The first-order valence-corrected chi connectivity index (χ1v) is 9.01. The van der Waals surface area contributed by atoms with Gasteiger partial charge in [-0.25, -0.2) is 28.3 Å². The molecule has 10 nitrogen and oxygen atoms in total. The number of carbonyl (C=O) groups is 3. The van der Waals surface area contributed by atoms with Crippen LogP contribution in [0.1, 0.15) is 18.5 Å². The SMILES string of the molecule is COC(=O)C1C(C)=NC(=O)N(C(=O)Oc2ccc([N+](=O)[O-])cc2)C1c1ccc(F)c(F)c1. The van der Waals surface area contributed by atoms with Crippen molar-refractivity contribution in [3.05, 3.63) is 69.8 Å². The minimum Gasteiger partial charge on any atom is -0.468 e. The van der Waals surface area contributed by atoms with Gasteiger partial charge in [0.25, 0.3) is 5.69 Å². The van der Waals surface area contributed by atoms with Crippen LogP contribution in [0.25, 0.3) is 0 Å². The van der Waals surface area contributed by atoms with Crippen LogP contribution in [-0.4, -0.2) is 40.7 Å². The molecule has 32 heavy (non-hydrogen) atoms. The average Bonchev–Trinajstić information content (AvgIpc) is 2.75. The maximum Gasteiger partial charge on any atom is 0.424 e. The van der Waals surface area contributed by atoms with Crippen LogP contribution < -0.4 is 4.74 Å². The number of hydrogen-bond acceptors (Lipinski definition) is 7. The molecule has 0 fully saturated rings. The lowest BCUT2D eigenvalue weighted by atomic mass is 9.87. The molecule has 166 valence electrons. The number of esters is 1. The van der Waals surface area contributed by atoms with E-state index in [1.165, 1.54) is 6.92 Å². The van der Waals surface area contributed by atoms with Gasteiger partial charge in [0.2, 0.25) is 0 Å². The summed E-state index contributed by atoms with van der Waals surface area (Å²) >= 11 is 0. The van der Waals surface area contributed by atoms with Crippen LogP contribution in [0.5, 0.6) is 5.75 Å². The Balaban J connectivity index is 2.04. The minimum absolute atomic E-state index is 0.00373. The summed E-state index contributed by atoms with van der Waals surface area (Å²) in [5.74, 6) is -4.76. The number of rotatable bonds is 4. The Bertz CT molecular complexity index is 1130. The molecule has 2 unspecified atom stereocenters. The highest BCUT2D eigenvalue weighted by Crippen LogP contribution is 2.36. The number of non-ortho nitro benzene ring substituents is 1. The van der Waals surface area contributed by atoms with Crippen molar-refractivity contribution in [1.29, 1.82) is 0 Å². The van der Waals surface area contributed by atoms with Crippen molar-refractivity contribution >= 4 is 29.5 Å². The van der Waals surface area contributed by atoms with Gasteiger partial charge in [0.15, 0.2) is 11.6 Å². The lowest BCUT2D eigenvalue weighted by Crippen LogP contribution is -2.50. The van der Waals surface area contributed by atoms with E-state index in [0.717, 1.165) is 49.6 Å². The molecule has 0 N–H and O–H groups in total. The third-order valence-electron chi connectivity index (χ3n) is 4.71. The number of ether oxygens (including phenoxy) is 2. The average molecular weight is 447 g/mol. The molecule has 3 rings (SSSR count). The molecule has 0 aliphatic carbocycles. The number of carbonyl (C=O) groups excluding carboxylic acids is 3. The number of halogens is 2. The molecule has 0 saturated carbocycles. The largest absolute Gasteiger partial charge is 0.468 e. The molecule has 0 saturated heterocycles. The number of nitrogens with zero attached hydrogens (tertiary/aromatic N) is 3. The fraction of sp³-hybridized carbons (Fsp3) is 0.200. The van der Waals surface area contributed by atoms with E-state index in [-0.39, 0.29) is 22.7 Å². The molecule has 2 aromatic rings. The lowest BCUT2D eigenvalue weighted by molar-refractivity contribution is -0.384. The first kappa shape index (κ1) is 22.5. The fourth-order valence-corrected chi connectivity index (χ4v) is 3.21. The van der Waals surface area contributed by atoms with Crippen molar-refractivity contribution in [3.63, 3.8) is 0 Å². The second-order valence-electron chi connectivity index (χ2n) is 6.64. The van der Waals surface area contributed by atoms with Crippen LogP contribution in [0.15, 0.2) is 47.5 Å². The Morgan fingerprint density at radius 2 is 1.78 bits per heavy atom. The summed E-state index contributed by atoms with van der Waals surface area (Å²) in [7, 11) is 1.08. The number of methoxy groups -OCH3 is 1. The first-order valence-electron chi connectivity index (χ1n) is 9.01. The highest BCUT2D eigenvalue weighted by atomic mass is 19.2. The number of amides is 3. The number of nitro benzene ring substituents is 1. The topological polar surface area (TPSA) is 128 Å². The summed E-state index contributed by atoms with van der Waals surface area (Å²) in [6.45, 7) is 1.35. The molecule has 0 spiro atoms. The van der Waals surface area contributed by atoms with Gasteiger partial charge in [-0.1, -0.05) is 6.07 Å². The second kappa shape index (κ2) is 8.88. The molecule has 0 aromatic heterocycles. The molecule has 1 aliphatic rings. The number of aliphatic imine (C=N–C) groups is 1. The summed E-state index contributed by atoms with van der Waals surface area (Å²) in [5.41, 5.74) is -0.344. The molecule has 12 heteroatoms. The molecular formula is C20H15F2N3O7. The smallest absolute Gasteiger partial charge is 0.424 e. The summed E-state index contributed by atoms with van der Waals surface area (Å²) in [6, 6.07) is 4.49. The second-order valence-corrected chi connectivity index (χ2v) is 6.64. The van der Waals surface area contributed by atoms with Gasteiger partial charge in [-0.2, -0.15) is 0 Å². The molecule has 0 bridgehead atoms. The van der Waals surface area contributed by atoms with Gasteiger partial charge < -0.3 is 9.47 Å². The zero-order chi connectivity index (χ0) is 23.6. The molecule has 1 heterocycles. The Hall–Kier alpha value is -4.22. The van der Waals surface area contributed by atoms with Crippen molar-refractivity contribution in [2.75, 3.05) is 7.11 Å². The molecule has 3 amide bonds. The van der Waals surface area contributed by atoms with Gasteiger partial charge in [0.05, 0.1) is 18.1 Å². The fourth-order valence-electron chi connectivity index (χ4n) is 3.21. The highest BCUT2D eigenvalue weighted by Gasteiger charge is 2.46. The minimum atomic E-state index is -1.45. The maximum atomic E-state index is 13.9. The van der Waals surface area contributed by atoms with Gasteiger partial charge in [-0.15, -0.1) is 0 Å². The first-order chi connectivity index (χ1) is 15.1. The van der Waals surface area contributed by atoms with E-state index in [4.69, 9.17) is 9.47 Å². The Morgan fingerprint density at radius 3 is 2.34 bits per heavy atom. The third-order valence-corrected chi connectivity index (χ3v) is 4.71. The van der Waals surface area contributed by atoms with Crippen LogP contribution >= 0.6 is 0 Å². The predicted molar refractivity (Wildman–Crippen MR) is 104 cm³/mol. The van der Waals surface area contributed by atoms with Gasteiger partial charge in [0.1, 0.15) is 11.7 Å². The summed E-state index contributed by atoms with van der Waals surface area (Å²) < 4.78 is 37.2. The van der Waals surface area contributed by atoms with Gasteiger partial charge in [-0.3, -0.25) is 14.9 Å². The highest BCUT2D eigenvalue weighted by molar-refractivity contribution is 6.11. The van der Waals surface area contributed by atoms with E-state index in [2.05, 4.69) is 4.99 Å². The van der Waals surface area contributed by atoms with Crippen molar-refractivity contribution in [3.8, 4) is 5.75 Å². The zero-order valence-corrected chi connectivity index (χ0v) is 16.7. The van der Waals surface area contributed by atoms with E-state index < -0.39 is 46.6 Å². The molecule has 2 atom stereocenters. The van der Waals surface area contributed by atoms with E-state index in [0.29, 0.717) is 4.90 Å². The standard InChI is InChI=1S/C20H15F2N3O7/c1-10-16(18(26)31-2)17(11-3-8-14(21)15(22)9-11)24(19(27)23-10)20(28)32-13-6-4-12(5-7-13)25(29)30/h3-9,16-17H,1-2H3. The van der Waals surface area contributed by atoms with Crippen molar-refractivity contribution < 1.29 is 37.6 Å². The van der Waals surface area contributed by atoms with Crippen molar-refractivity contribution in [2.24, 2.45) is 10.9 Å². The maximum absolute atomic E-state index is 13.9. The zero-order valence-electron chi connectivity index (χ0n) is 16.7. The number of benzene rings is 2. The lowest BCUT2D eigenvalue weighted by Gasteiger charge is -2.36. The monoisotopic (exact) mass is 447 g/mol. The van der Waals surface area contributed by atoms with Gasteiger partial charge in [0, 0.05) is 17.8 Å². The van der Waals surface area contributed by atoms with E-state index in [1.54, 1.807) is 0 Å². The predicted octanol–water partition coefficient (Wildman–Crippen LogP) is 3.80. The van der Waals surface area contributed by atoms with E-state index in [1.807, 2.05) is 0 Å². The Morgan fingerprint density at radius 1 is 1.12 bits per heavy atom. The van der Waals surface area contributed by atoms with Crippen LogP contribution in [-0.2, 0) is 9.53 Å². The molecule has 0 radical (unpaired) electrons. The summed E-state index contributed by atoms with van der Waals surface area (Å²) in [6.07, 6.45) is -1.29. The normalized spacial score (nSPS) is 18.1.